The largest absolute Gasteiger partial charge is 0.381 e. The number of nitrogen functional groups attached to an aromatic ring is 1. The molecule has 19 heavy (non-hydrogen) atoms. The fourth-order valence-corrected chi connectivity index (χ4v) is 2.01. The summed E-state index contributed by atoms with van der Waals surface area (Å²) in [5, 5.41) is 7.89. The van der Waals surface area contributed by atoms with Crippen molar-refractivity contribution in [2.45, 2.75) is 6.92 Å². The molecule has 3 rings (SSSR count). The topological polar surface area (TPSA) is 56.7 Å². The molecule has 0 aliphatic rings. The molecule has 0 aliphatic heterocycles. The van der Waals surface area contributed by atoms with Crippen LogP contribution in [0.2, 0.25) is 0 Å². The summed E-state index contributed by atoms with van der Waals surface area (Å²) >= 11 is 0. The molecule has 1 heterocycles. The highest BCUT2D eigenvalue weighted by atomic mass is 15.4. The van der Waals surface area contributed by atoms with Crippen LogP contribution in [0.4, 0.5) is 5.82 Å². The maximum Gasteiger partial charge on any atom is 0.169 e. The zero-order valence-corrected chi connectivity index (χ0v) is 10.6. The number of rotatable bonds is 2. The zero-order valence-electron chi connectivity index (χ0n) is 10.6. The van der Waals surface area contributed by atoms with Crippen LogP contribution in [0.25, 0.3) is 16.8 Å². The number of nitrogens with two attached hydrogens (primary N) is 1. The van der Waals surface area contributed by atoms with Gasteiger partial charge in [0.2, 0.25) is 0 Å². The molecule has 0 fully saturated rings. The van der Waals surface area contributed by atoms with Crippen LogP contribution in [0.3, 0.4) is 0 Å². The molecule has 4 nitrogen and oxygen atoms in total. The molecule has 1 aromatic heterocycles. The lowest BCUT2D eigenvalue weighted by atomic mass is 10.1. The van der Waals surface area contributed by atoms with Crippen molar-refractivity contribution in [3.63, 3.8) is 0 Å². The predicted octanol–water partition coefficient (Wildman–Crippen LogP) is 2.82. The summed E-state index contributed by atoms with van der Waals surface area (Å²) in [7, 11) is 0. The predicted molar refractivity (Wildman–Crippen MR) is 75.9 cm³/mol. The number of aromatic nitrogens is 3. The minimum Gasteiger partial charge on any atom is -0.381 e. The third-order valence-corrected chi connectivity index (χ3v) is 3.15. The molecule has 4 heteroatoms. The Labute approximate surface area is 111 Å². The lowest BCUT2D eigenvalue weighted by molar-refractivity contribution is 0.785. The van der Waals surface area contributed by atoms with Crippen molar-refractivity contribution in [1.29, 1.82) is 0 Å². The van der Waals surface area contributed by atoms with Gasteiger partial charge in [0.05, 0.1) is 11.4 Å². The van der Waals surface area contributed by atoms with Gasteiger partial charge in [0.25, 0.3) is 0 Å². The van der Waals surface area contributed by atoms with E-state index in [0.29, 0.717) is 5.82 Å². The molecular formula is C15H14N4. The quantitative estimate of drug-likeness (QED) is 0.760. The molecule has 0 amide bonds. The minimum atomic E-state index is 0.465. The Kier molecular flexibility index (Phi) is 2.76. The van der Waals surface area contributed by atoms with E-state index in [9.17, 15) is 0 Å². The molecule has 0 radical (unpaired) electrons. The van der Waals surface area contributed by atoms with Gasteiger partial charge < -0.3 is 5.73 Å². The lowest BCUT2D eigenvalue weighted by Gasteiger charge is -2.05. The van der Waals surface area contributed by atoms with Gasteiger partial charge in [0.1, 0.15) is 0 Å². The van der Waals surface area contributed by atoms with Crippen molar-refractivity contribution in [3.05, 3.63) is 60.3 Å². The van der Waals surface area contributed by atoms with Crippen LogP contribution in [0.5, 0.6) is 0 Å². The first-order valence-electron chi connectivity index (χ1n) is 6.09. The molecule has 0 bridgehead atoms. The molecule has 0 atom stereocenters. The third kappa shape index (κ3) is 2.08. The number of anilines is 1. The zero-order chi connectivity index (χ0) is 13.2. The van der Waals surface area contributed by atoms with Crippen LogP contribution in [0.1, 0.15) is 5.69 Å². The summed E-state index contributed by atoms with van der Waals surface area (Å²) in [6.45, 7) is 1.90. The first-order valence-corrected chi connectivity index (χ1v) is 6.09. The van der Waals surface area contributed by atoms with Gasteiger partial charge in [0.15, 0.2) is 5.82 Å². The Morgan fingerprint density at radius 3 is 2.11 bits per heavy atom. The highest BCUT2D eigenvalue weighted by Gasteiger charge is 2.06. The van der Waals surface area contributed by atoms with E-state index in [2.05, 4.69) is 34.6 Å². The second kappa shape index (κ2) is 4.57. The van der Waals surface area contributed by atoms with Crippen LogP contribution in [0, 0.1) is 6.92 Å². The van der Waals surface area contributed by atoms with Crippen LogP contribution in [-0.4, -0.2) is 15.0 Å². The van der Waals surface area contributed by atoms with Crippen LogP contribution in [-0.2, 0) is 0 Å². The maximum absolute atomic E-state index is 5.70. The second-order valence-electron chi connectivity index (χ2n) is 4.38. The van der Waals surface area contributed by atoms with E-state index in [-0.39, 0.29) is 0 Å². The average Bonchev–Trinajstić information content (AvgIpc) is 2.80. The fourth-order valence-electron chi connectivity index (χ4n) is 2.01. The van der Waals surface area contributed by atoms with Gasteiger partial charge in [-0.15, -0.1) is 5.10 Å². The van der Waals surface area contributed by atoms with Crippen molar-refractivity contribution in [1.82, 2.24) is 15.0 Å². The van der Waals surface area contributed by atoms with E-state index in [0.717, 1.165) is 11.4 Å². The smallest absolute Gasteiger partial charge is 0.169 e. The van der Waals surface area contributed by atoms with E-state index in [1.165, 1.54) is 11.1 Å². The molecule has 3 aromatic rings. The molecule has 0 aliphatic carbocycles. The van der Waals surface area contributed by atoms with E-state index in [4.69, 9.17) is 5.73 Å². The highest BCUT2D eigenvalue weighted by molar-refractivity contribution is 5.64. The minimum absolute atomic E-state index is 0.465. The Balaban J connectivity index is 1.98. The Bertz CT molecular complexity index is 684. The number of hydrogen-bond acceptors (Lipinski definition) is 3. The summed E-state index contributed by atoms with van der Waals surface area (Å²) in [5.74, 6) is 0.465. The van der Waals surface area contributed by atoms with Gasteiger partial charge in [-0.3, -0.25) is 0 Å². The molecule has 0 spiro atoms. The highest BCUT2D eigenvalue weighted by Crippen LogP contribution is 2.21. The molecule has 0 saturated carbocycles. The molecule has 2 N–H and O–H groups in total. The molecule has 0 saturated heterocycles. The van der Waals surface area contributed by atoms with Crippen molar-refractivity contribution < 1.29 is 0 Å². The van der Waals surface area contributed by atoms with Crippen molar-refractivity contribution in [2.75, 3.05) is 5.73 Å². The summed E-state index contributed by atoms with van der Waals surface area (Å²) in [6, 6.07) is 18.4. The molecule has 2 aromatic carbocycles. The lowest BCUT2D eigenvalue weighted by Crippen LogP contribution is -1.99. The van der Waals surface area contributed by atoms with Gasteiger partial charge >= 0.3 is 0 Å². The van der Waals surface area contributed by atoms with Gasteiger partial charge in [0, 0.05) is 0 Å². The first kappa shape index (κ1) is 11.5. The standard InChI is InChI=1S/C15H14N4/c1-11-15(16)17-18-19(11)14-9-7-13(8-10-14)12-5-3-2-4-6-12/h2-10H,16H2,1H3. The van der Waals surface area contributed by atoms with Crippen LogP contribution in [0.15, 0.2) is 54.6 Å². The van der Waals surface area contributed by atoms with Crippen LogP contribution >= 0.6 is 0 Å². The Morgan fingerprint density at radius 2 is 1.53 bits per heavy atom. The number of benzene rings is 2. The van der Waals surface area contributed by atoms with Gasteiger partial charge in [-0.25, -0.2) is 4.68 Å². The first-order chi connectivity index (χ1) is 9.25. The van der Waals surface area contributed by atoms with Crippen LogP contribution < -0.4 is 5.73 Å². The van der Waals surface area contributed by atoms with Gasteiger partial charge in [-0.1, -0.05) is 47.7 Å². The van der Waals surface area contributed by atoms with Crippen molar-refractivity contribution >= 4 is 5.82 Å². The SMILES string of the molecule is Cc1c(N)nnn1-c1ccc(-c2ccccc2)cc1. The molecule has 0 unspecified atom stereocenters. The molecule has 94 valence electrons. The van der Waals surface area contributed by atoms with Gasteiger partial charge in [-0.05, 0) is 30.2 Å². The van der Waals surface area contributed by atoms with Gasteiger partial charge in [-0.2, -0.15) is 0 Å². The van der Waals surface area contributed by atoms with Crippen molar-refractivity contribution in [3.8, 4) is 16.8 Å². The fraction of sp³-hybridized carbons (Fsp3) is 0.0667. The average molecular weight is 250 g/mol. The third-order valence-electron chi connectivity index (χ3n) is 3.15. The maximum atomic E-state index is 5.70. The summed E-state index contributed by atoms with van der Waals surface area (Å²) in [6.07, 6.45) is 0. The monoisotopic (exact) mass is 250 g/mol. The Morgan fingerprint density at radius 1 is 0.895 bits per heavy atom. The van der Waals surface area contributed by atoms with E-state index in [1.54, 1.807) is 4.68 Å². The van der Waals surface area contributed by atoms with E-state index in [1.807, 2.05) is 37.3 Å². The number of hydrogen-bond donors (Lipinski definition) is 1. The summed E-state index contributed by atoms with van der Waals surface area (Å²) in [5.41, 5.74) is 9.89. The molecular weight excluding hydrogens is 236 g/mol. The van der Waals surface area contributed by atoms with E-state index >= 15 is 0 Å². The number of nitrogens with zero attached hydrogens (tertiary/aromatic N) is 3. The van der Waals surface area contributed by atoms with E-state index < -0.39 is 0 Å². The Hall–Kier alpha value is -2.62. The van der Waals surface area contributed by atoms with Crippen molar-refractivity contribution in [2.24, 2.45) is 0 Å². The summed E-state index contributed by atoms with van der Waals surface area (Å²) in [4.78, 5) is 0. The normalized spacial score (nSPS) is 10.6. The second-order valence-corrected chi connectivity index (χ2v) is 4.38. The summed E-state index contributed by atoms with van der Waals surface area (Å²) < 4.78 is 1.74.